The predicted molar refractivity (Wildman–Crippen MR) is 128 cm³/mol. The molecule has 4 rings (SSSR count). The van der Waals surface area contributed by atoms with Gasteiger partial charge in [0.05, 0.1) is 18.8 Å². The summed E-state index contributed by atoms with van der Waals surface area (Å²) in [5.41, 5.74) is 3.97. The maximum Gasteiger partial charge on any atom is 0.414 e. The number of aromatic nitrogens is 1. The summed E-state index contributed by atoms with van der Waals surface area (Å²) in [4.78, 5) is 30.9. The van der Waals surface area contributed by atoms with Crippen molar-refractivity contribution in [3.63, 3.8) is 0 Å². The van der Waals surface area contributed by atoms with Gasteiger partial charge in [0, 0.05) is 38.0 Å². The Balaban J connectivity index is 1.40. The number of anilines is 1. The van der Waals surface area contributed by atoms with E-state index in [-0.39, 0.29) is 19.0 Å². The predicted octanol–water partition coefficient (Wildman–Crippen LogP) is 3.98. The van der Waals surface area contributed by atoms with Crippen LogP contribution in [0.15, 0.2) is 67.0 Å². The lowest BCUT2D eigenvalue weighted by Gasteiger charge is -2.17. The molecule has 7 nitrogen and oxygen atoms in total. The molecule has 2 heterocycles. The van der Waals surface area contributed by atoms with E-state index < -0.39 is 18.0 Å². The van der Waals surface area contributed by atoms with Crippen LogP contribution < -0.4 is 10.2 Å². The Labute approximate surface area is 198 Å². The fourth-order valence-electron chi connectivity index (χ4n) is 3.96. The summed E-state index contributed by atoms with van der Waals surface area (Å²) in [6.45, 7) is 3.45. The number of halogens is 1. The fourth-order valence-corrected chi connectivity index (χ4v) is 3.96. The van der Waals surface area contributed by atoms with Gasteiger partial charge in [-0.2, -0.15) is 0 Å². The SMILES string of the molecule is CC(=O)NCC1CN(c2ccc(-c3ccc(CN(C)Cc4ccncc4)cc3)c(F)c2)C(=O)O1. The molecule has 0 aliphatic carbocycles. The van der Waals surface area contributed by atoms with Crippen LogP contribution in [0.4, 0.5) is 14.9 Å². The third-order valence-corrected chi connectivity index (χ3v) is 5.64. The normalized spacial score (nSPS) is 15.5. The summed E-state index contributed by atoms with van der Waals surface area (Å²) in [6, 6.07) is 16.5. The molecule has 0 saturated carbocycles. The minimum atomic E-state index is -0.553. The smallest absolute Gasteiger partial charge is 0.414 e. The molecule has 0 spiro atoms. The quantitative estimate of drug-likeness (QED) is 0.548. The number of cyclic esters (lactones) is 1. The van der Waals surface area contributed by atoms with E-state index in [1.54, 1.807) is 24.5 Å². The van der Waals surface area contributed by atoms with Crippen LogP contribution >= 0.6 is 0 Å². The molecular weight excluding hydrogens is 435 g/mol. The third kappa shape index (κ3) is 5.77. The largest absolute Gasteiger partial charge is 0.442 e. The van der Waals surface area contributed by atoms with E-state index in [1.807, 2.05) is 36.4 Å². The molecule has 1 unspecified atom stereocenters. The molecule has 1 saturated heterocycles. The average Bonchev–Trinajstić information content (AvgIpc) is 3.19. The molecule has 2 aromatic carbocycles. The second-order valence-electron chi connectivity index (χ2n) is 8.44. The van der Waals surface area contributed by atoms with Gasteiger partial charge in [-0.15, -0.1) is 0 Å². The standard InChI is InChI=1S/C26H27FN4O3/c1-18(32)29-14-23-17-31(26(33)34-23)22-7-8-24(25(27)13-22)21-5-3-19(4-6-21)15-30(2)16-20-9-11-28-12-10-20/h3-13,23H,14-17H2,1-2H3,(H,29,32). The lowest BCUT2D eigenvalue weighted by Crippen LogP contribution is -2.33. The molecule has 1 fully saturated rings. The highest BCUT2D eigenvalue weighted by molar-refractivity contribution is 5.90. The summed E-state index contributed by atoms with van der Waals surface area (Å²) < 4.78 is 20.2. The second kappa shape index (κ2) is 10.4. The first-order chi connectivity index (χ1) is 16.4. The van der Waals surface area contributed by atoms with E-state index >= 15 is 0 Å². The van der Waals surface area contributed by atoms with Crippen molar-refractivity contribution in [2.24, 2.45) is 0 Å². The van der Waals surface area contributed by atoms with Crippen molar-refractivity contribution in [1.29, 1.82) is 0 Å². The lowest BCUT2D eigenvalue weighted by molar-refractivity contribution is -0.119. The van der Waals surface area contributed by atoms with Gasteiger partial charge in [-0.25, -0.2) is 9.18 Å². The van der Waals surface area contributed by atoms with E-state index in [9.17, 15) is 14.0 Å². The van der Waals surface area contributed by atoms with Crippen LogP contribution in [0, 0.1) is 5.82 Å². The summed E-state index contributed by atoms with van der Waals surface area (Å²) in [7, 11) is 2.05. The van der Waals surface area contributed by atoms with Crippen LogP contribution in [0.1, 0.15) is 18.1 Å². The molecular formula is C26H27FN4O3. The fraction of sp³-hybridized carbons (Fsp3) is 0.269. The molecule has 1 aromatic heterocycles. The number of nitrogens with one attached hydrogen (secondary N) is 1. The summed E-state index contributed by atoms with van der Waals surface area (Å²) in [5, 5.41) is 2.63. The number of ether oxygens (including phenoxy) is 1. The van der Waals surface area contributed by atoms with Crippen LogP contribution in [0.25, 0.3) is 11.1 Å². The lowest BCUT2D eigenvalue weighted by atomic mass is 10.0. The van der Waals surface area contributed by atoms with Crippen molar-refractivity contribution in [2.45, 2.75) is 26.1 Å². The van der Waals surface area contributed by atoms with Gasteiger partial charge in [-0.1, -0.05) is 24.3 Å². The number of hydrogen-bond donors (Lipinski definition) is 1. The molecule has 3 aromatic rings. The van der Waals surface area contributed by atoms with E-state index in [0.29, 0.717) is 11.3 Å². The van der Waals surface area contributed by atoms with Crippen LogP contribution in [0.5, 0.6) is 0 Å². The Bertz CT molecular complexity index is 1150. The van der Waals surface area contributed by atoms with Crippen molar-refractivity contribution in [3.05, 3.63) is 83.9 Å². The number of carbonyl (C=O) groups excluding carboxylic acids is 2. The topological polar surface area (TPSA) is 74.8 Å². The van der Waals surface area contributed by atoms with Gasteiger partial charge in [-0.05, 0) is 54.1 Å². The first kappa shape index (κ1) is 23.4. The van der Waals surface area contributed by atoms with Crippen molar-refractivity contribution in [2.75, 3.05) is 25.0 Å². The van der Waals surface area contributed by atoms with Gasteiger partial charge in [0.15, 0.2) is 0 Å². The second-order valence-corrected chi connectivity index (χ2v) is 8.44. The van der Waals surface area contributed by atoms with Crippen LogP contribution in [-0.4, -0.2) is 48.1 Å². The minimum Gasteiger partial charge on any atom is -0.442 e. The van der Waals surface area contributed by atoms with E-state index in [0.717, 1.165) is 24.2 Å². The van der Waals surface area contributed by atoms with Gasteiger partial charge in [0.25, 0.3) is 0 Å². The van der Waals surface area contributed by atoms with Gasteiger partial charge >= 0.3 is 6.09 Å². The molecule has 1 aliphatic heterocycles. The van der Waals surface area contributed by atoms with E-state index in [1.165, 1.54) is 23.5 Å². The zero-order valence-corrected chi connectivity index (χ0v) is 19.2. The first-order valence-electron chi connectivity index (χ1n) is 11.1. The molecule has 2 amide bonds. The Kier molecular flexibility index (Phi) is 7.18. The first-order valence-corrected chi connectivity index (χ1v) is 11.1. The van der Waals surface area contributed by atoms with Crippen LogP contribution in [-0.2, 0) is 22.6 Å². The van der Waals surface area contributed by atoms with Crippen molar-refractivity contribution in [3.8, 4) is 11.1 Å². The highest BCUT2D eigenvalue weighted by Gasteiger charge is 2.32. The number of benzene rings is 2. The molecule has 34 heavy (non-hydrogen) atoms. The number of hydrogen-bond acceptors (Lipinski definition) is 5. The maximum absolute atomic E-state index is 15.0. The van der Waals surface area contributed by atoms with Crippen LogP contribution in [0.2, 0.25) is 0 Å². The number of pyridine rings is 1. The highest BCUT2D eigenvalue weighted by Crippen LogP contribution is 2.29. The molecule has 0 bridgehead atoms. The van der Waals surface area contributed by atoms with Crippen molar-refractivity contribution < 1.29 is 18.7 Å². The minimum absolute atomic E-state index is 0.198. The molecule has 1 N–H and O–H groups in total. The number of rotatable bonds is 8. The van der Waals surface area contributed by atoms with Gasteiger partial charge in [-0.3, -0.25) is 19.6 Å². The Morgan fingerprint density at radius 3 is 2.44 bits per heavy atom. The van der Waals surface area contributed by atoms with Crippen LogP contribution in [0.3, 0.4) is 0 Å². The Morgan fingerprint density at radius 1 is 1.12 bits per heavy atom. The zero-order valence-electron chi connectivity index (χ0n) is 19.2. The Morgan fingerprint density at radius 2 is 1.79 bits per heavy atom. The zero-order chi connectivity index (χ0) is 24.1. The summed E-state index contributed by atoms with van der Waals surface area (Å²) in [5.74, 6) is -0.616. The van der Waals surface area contributed by atoms with Crippen molar-refractivity contribution >= 4 is 17.7 Å². The molecule has 1 aliphatic rings. The molecule has 8 heteroatoms. The monoisotopic (exact) mass is 462 g/mol. The van der Waals surface area contributed by atoms with Crippen molar-refractivity contribution in [1.82, 2.24) is 15.2 Å². The maximum atomic E-state index is 15.0. The highest BCUT2D eigenvalue weighted by atomic mass is 19.1. The Hall–Kier alpha value is -3.78. The van der Waals surface area contributed by atoms with Gasteiger partial charge in [0.1, 0.15) is 11.9 Å². The number of carbonyl (C=O) groups is 2. The number of nitrogens with zero attached hydrogens (tertiary/aromatic N) is 3. The third-order valence-electron chi connectivity index (χ3n) is 5.64. The molecule has 176 valence electrons. The van der Waals surface area contributed by atoms with E-state index in [4.69, 9.17) is 4.74 Å². The van der Waals surface area contributed by atoms with Gasteiger partial charge in [0.2, 0.25) is 5.91 Å². The number of amides is 2. The molecule has 1 atom stereocenters. The summed E-state index contributed by atoms with van der Waals surface area (Å²) in [6.07, 6.45) is 2.55. The average molecular weight is 463 g/mol. The van der Waals surface area contributed by atoms with E-state index in [2.05, 4.69) is 22.2 Å². The van der Waals surface area contributed by atoms with Gasteiger partial charge < -0.3 is 10.1 Å². The molecule has 0 radical (unpaired) electrons. The summed E-state index contributed by atoms with van der Waals surface area (Å²) >= 11 is 0.